The van der Waals surface area contributed by atoms with Gasteiger partial charge in [-0.25, -0.2) is 19.2 Å². The third-order valence-electron chi connectivity index (χ3n) is 6.52. The van der Waals surface area contributed by atoms with Crippen molar-refractivity contribution in [2.45, 2.75) is 12.8 Å². The van der Waals surface area contributed by atoms with Crippen LogP contribution in [0.4, 0.5) is 20.8 Å². The molecule has 0 saturated heterocycles. The van der Waals surface area contributed by atoms with Crippen molar-refractivity contribution in [1.82, 2.24) is 25.0 Å². The van der Waals surface area contributed by atoms with Gasteiger partial charge in [-0.1, -0.05) is 53.7 Å². The molecule has 3 heterocycles. The van der Waals surface area contributed by atoms with Gasteiger partial charge in [-0.3, -0.25) is 4.90 Å². The van der Waals surface area contributed by atoms with Crippen LogP contribution in [-0.4, -0.2) is 44.1 Å². The number of fused-ring (bicyclic) bond motifs is 1. The molecule has 0 spiro atoms. The minimum atomic E-state index is -0.362. The maximum absolute atomic E-state index is 13.8. The average molecular weight is 506 g/mol. The largest absolute Gasteiger partial charge is 0.354 e. The number of nitrogens with zero attached hydrogens (tertiary/aromatic N) is 6. The van der Waals surface area contributed by atoms with Gasteiger partial charge in [0.2, 0.25) is 5.95 Å². The van der Waals surface area contributed by atoms with Crippen LogP contribution in [0.5, 0.6) is 0 Å². The van der Waals surface area contributed by atoms with E-state index in [9.17, 15) is 9.18 Å². The van der Waals surface area contributed by atoms with Gasteiger partial charge in [0.1, 0.15) is 17.2 Å². The first kappa shape index (κ1) is 23.5. The molecule has 3 aromatic carbocycles. The zero-order chi connectivity index (χ0) is 25.9. The Morgan fingerprint density at radius 1 is 0.947 bits per heavy atom. The lowest BCUT2D eigenvalue weighted by Crippen LogP contribution is -2.34. The third-order valence-corrected chi connectivity index (χ3v) is 6.52. The first-order valence-corrected chi connectivity index (χ1v) is 12.4. The van der Waals surface area contributed by atoms with E-state index >= 15 is 0 Å². The van der Waals surface area contributed by atoms with Crippen LogP contribution in [0.3, 0.4) is 0 Å². The number of amides is 1. The molecule has 0 bridgehead atoms. The van der Waals surface area contributed by atoms with Gasteiger partial charge in [0.25, 0.3) is 0 Å². The van der Waals surface area contributed by atoms with Gasteiger partial charge in [-0.15, -0.1) is 5.10 Å². The van der Waals surface area contributed by atoms with E-state index < -0.39 is 0 Å². The fourth-order valence-corrected chi connectivity index (χ4v) is 4.64. The quantitative estimate of drug-likeness (QED) is 0.340. The van der Waals surface area contributed by atoms with Gasteiger partial charge in [0.15, 0.2) is 0 Å². The van der Waals surface area contributed by atoms with Gasteiger partial charge in [0, 0.05) is 30.5 Å². The summed E-state index contributed by atoms with van der Waals surface area (Å²) >= 11 is 0. The summed E-state index contributed by atoms with van der Waals surface area (Å²) in [5.74, 6) is 0.0644. The molecule has 0 aliphatic carbocycles. The number of para-hydroxylation sites is 1. The minimum Gasteiger partial charge on any atom is -0.354 e. The maximum Gasteiger partial charge on any atom is 0.351 e. The first-order chi connectivity index (χ1) is 18.7. The Balaban J connectivity index is 1.36. The second-order valence-corrected chi connectivity index (χ2v) is 8.95. The molecular formula is C29H24FN7O. The number of rotatable bonds is 6. The molecule has 6 rings (SSSR count). The van der Waals surface area contributed by atoms with Crippen LogP contribution in [0.15, 0.2) is 91.1 Å². The Kier molecular flexibility index (Phi) is 6.31. The molecule has 0 fully saturated rings. The second kappa shape index (κ2) is 10.2. The summed E-state index contributed by atoms with van der Waals surface area (Å²) in [6.07, 6.45) is 3.20. The highest BCUT2D eigenvalue weighted by molar-refractivity contribution is 5.98. The SMILES string of the molecule is O=C(N1CCc2ccccc21)n1nnc(-c2ccc(F)cc2)c1-c1ccnc(NCCc2ccccc2)n1. The molecule has 1 aliphatic heterocycles. The van der Waals surface area contributed by atoms with E-state index in [1.165, 1.54) is 22.4 Å². The summed E-state index contributed by atoms with van der Waals surface area (Å²) in [7, 11) is 0. The molecule has 9 heteroatoms. The number of hydrogen-bond acceptors (Lipinski definition) is 6. The lowest BCUT2D eigenvalue weighted by molar-refractivity contribution is 0.245. The van der Waals surface area contributed by atoms with Crippen LogP contribution in [0.25, 0.3) is 22.6 Å². The van der Waals surface area contributed by atoms with E-state index in [0.29, 0.717) is 41.7 Å². The lowest BCUT2D eigenvalue weighted by atomic mass is 10.1. The van der Waals surface area contributed by atoms with E-state index in [4.69, 9.17) is 4.98 Å². The maximum atomic E-state index is 13.8. The number of aromatic nitrogens is 5. The number of nitrogens with one attached hydrogen (secondary N) is 1. The number of halogens is 1. The molecule has 0 saturated carbocycles. The highest BCUT2D eigenvalue weighted by atomic mass is 19.1. The van der Waals surface area contributed by atoms with Crippen molar-refractivity contribution in [1.29, 1.82) is 0 Å². The molecule has 0 unspecified atom stereocenters. The van der Waals surface area contributed by atoms with E-state index in [-0.39, 0.29) is 11.8 Å². The molecule has 5 aromatic rings. The fourth-order valence-electron chi connectivity index (χ4n) is 4.64. The van der Waals surface area contributed by atoms with Gasteiger partial charge < -0.3 is 5.32 Å². The summed E-state index contributed by atoms with van der Waals surface area (Å²) in [6.45, 7) is 1.18. The van der Waals surface area contributed by atoms with Crippen LogP contribution in [-0.2, 0) is 12.8 Å². The van der Waals surface area contributed by atoms with E-state index in [1.54, 1.807) is 29.3 Å². The van der Waals surface area contributed by atoms with Crippen LogP contribution in [0, 0.1) is 5.82 Å². The lowest BCUT2D eigenvalue weighted by Gasteiger charge is -2.18. The van der Waals surface area contributed by atoms with Crippen LogP contribution >= 0.6 is 0 Å². The predicted octanol–water partition coefficient (Wildman–Crippen LogP) is 5.23. The molecule has 0 atom stereocenters. The summed E-state index contributed by atoms with van der Waals surface area (Å²) in [6, 6.07) is 25.3. The number of carbonyl (C=O) groups is 1. The normalized spacial score (nSPS) is 12.4. The van der Waals surface area contributed by atoms with Crippen molar-refractivity contribution in [2.24, 2.45) is 0 Å². The van der Waals surface area contributed by atoms with Crippen LogP contribution in [0.2, 0.25) is 0 Å². The molecular weight excluding hydrogens is 481 g/mol. The van der Waals surface area contributed by atoms with Crippen molar-refractivity contribution < 1.29 is 9.18 Å². The number of anilines is 2. The van der Waals surface area contributed by atoms with Crippen molar-refractivity contribution >= 4 is 17.7 Å². The minimum absolute atomic E-state index is 0.331. The second-order valence-electron chi connectivity index (χ2n) is 8.95. The Hall–Kier alpha value is -4.92. The number of benzene rings is 3. The Morgan fingerprint density at radius 2 is 1.74 bits per heavy atom. The first-order valence-electron chi connectivity index (χ1n) is 12.4. The third kappa shape index (κ3) is 4.61. The van der Waals surface area contributed by atoms with Crippen molar-refractivity contribution in [3.8, 4) is 22.6 Å². The molecule has 1 N–H and O–H groups in total. The monoisotopic (exact) mass is 505 g/mol. The fraction of sp³-hybridized carbons (Fsp3) is 0.138. The number of hydrogen-bond donors (Lipinski definition) is 1. The molecule has 1 aliphatic rings. The Morgan fingerprint density at radius 3 is 2.58 bits per heavy atom. The van der Waals surface area contributed by atoms with Crippen molar-refractivity contribution in [3.05, 3.63) is 108 Å². The van der Waals surface area contributed by atoms with Crippen LogP contribution in [0.1, 0.15) is 11.1 Å². The summed E-state index contributed by atoms with van der Waals surface area (Å²) in [5.41, 5.74) is 5.11. The average Bonchev–Trinajstić information content (AvgIpc) is 3.59. The standard InChI is InChI=1S/C29H24FN7O/c30-23-12-10-22(11-13-23)26-27(24-15-18-32-28(33-24)31-17-14-20-6-2-1-3-7-20)37(35-34-26)29(38)36-19-16-21-8-4-5-9-25(21)36/h1-13,15,18H,14,16-17,19H2,(H,31,32,33). The highest BCUT2D eigenvalue weighted by Crippen LogP contribution is 2.33. The zero-order valence-corrected chi connectivity index (χ0v) is 20.5. The topological polar surface area (TPSA) is 88.8 Å². The Labute approximate surface area is 218 Å². The van der Waals surface area contributed by atoms with E-state index in [2.05, 4.69) is 32.7 Å². The van der Waals surface area contributed by atoms with Crippen molar-refractivity contribution in [2.75, 3.05) is 23.3 Å². The van der Waals surface area contributed by atoms with Gasteiger partial charge in [-0.05, 0) is 60.4 Å². The number of carbonyl (C=O) groups excluding carboxylic acids is 1. The van der Waals surface area contributed by atoms with Gasteiger partial charge in [0.05, 0.1) is 5.69 Å². The Bertz CT molecular complexity index is 1580. The summed E-state index contributed by atoms with van der Waals surface area (Å²) in [5, 5.41) is 11.8. The summed E-state index contributed by atoms with van der Waals surface area (Å²) < 4.78 is 14.9. The van der Waals surface area contributed by atoms with Crippen molar-refractivity contribution in [3.63, 3.8) is 0 Å². The van der Waals surface area contributed by atoms with Gasteiger partial charge >= 0.3 is 6.03 Å². The molecule has 0 radical (unpaired) electrons. The molecule has 1 amide bonds. The predicted molar refractivity (Wildman–Crippen MR) is 143 cm³/mol. The molecule has 188 valence electrons. The summed E-state index contributed by atoms with van der Waals surface area (Å²) in [4.78, 5) is 24.5. The smallest absolute Gasteiger partial charge is 0.351 e. The zero-order valence-electron chi connectivity index (χ0n) is 20.5. The van der Waals surface area contributed by atoms with E-state index in [0.717, 1.165) is 24.1 Å². The van der Waals surface area contributed by atoms with E-state index in [1.807, 2.05) is 42.5 Å². The molecule has 8 nitrogen and oxygen atoms in total. The molecule has 2 aromatic heterocycles. The molecule has 38 heavy (non-hydrogen) atoms. The highest BCUT2D eigenvalue weighted by Gasteiger charge is 2.30. The van der Waals surface area contributed by atoms with Gasteiger partial charge in [-0.2, -0.15) is 4.68 Å². The van der Waals surface area contributed by atoms with Crippen LogP contribution < -0.4 is 10.2 Å².